The van der Waals surface area contributed by atoms with Gasteiger partial charge in [-0.1, -0.05) is 0 Å². The smallest absolute Gasteiger partial charge is 0.263 e. The van der Waals surface area contributed by atoms with Crippen LogP contribution in [0.1, 0.15) is 18.2 Å². The Morgan fingerprint density at radius 3 is 2.86 bits per heavy atom. The van der Waals surface area contributed by atoms with Gasteiger partial charge in [-0.25, -0.2) is 0 Å². The maximum absolute atomic E-state index is 12.4. The number of nitrogens with zero attached hydrogens (tertiary/aromatic N) is 1. The maximum Gasteiger partial charge on any atom is 0.263 e. The molecule has 0 saturated carbocycles. The Bertz CT molecular complexity index is 633. The van der Waals surface area contributed by atoms with Gasteiger partial charge in [0.25, 0.3) is 5.91 Å². The minimum Gasteiger partial charge on any atom is -0.508 e. The van der Waals surface area contributed by atoms with Crippen LogP contribution in [0.5, 0.6) is 11.5 Å². The van der Waals surface area contributed by atoms with Gasteiger partial charge < -0.3 is 19.7 Å². The van der Waals surface area contributed by atoms with E-state index in [4.69, 9.17) is 4.74 Å². The van der Waals surface area contributed by atoms with Gasteiger partial charge in [0.2, 0.25) is 0 Å². The quantitative estimate of drug-likeness (QED) is 0.908. The first-order valence-corrected chi connectivity index (χ1v) is 7.03. The van der Waals surface area contributed by atoms with Crippen molar-refractivity contribution in [3.05, 3.63) is 47.8 Å². The Labute approximate surface area is 123 Å². The lowest BCUT2D eigenvalue weighted by Crippen LogP contribution is -2.43. The summed E-state index contributed by atoms with van der Waals surface area (Å²) in [7, 11) is 0. The number of carbonyl (C=O) groups is 1. The molecule has 0 aliphatic carbocycles. The predicted octanol–water partition coefficient (Wildman–Crippen LogP) is 2.07. The molecule has 0 radical (unpaired) electrons. The molecule has 110 valence electrons. The summed E-state index contributed by atoms with van der Waals surface area (Å²) in [6.45, 7) is 3.08. The van der Waals surface area contributed by atoms with Crippen molar-refractivity contribution >= 4 is 5.91 Å². The number of amides is 1. The molecule has 1 atom stereocenters. The van der Waals surface area contributed by atoms with Crippen LogP contribution in [-0.2, 0) is 17.8 Å². The van der Waals surface area contributed by atoms with Gasteiger partial charge >= 0.3 is 0 Å². The lowest BCUT2D eigenvalue weighted by molar-refractivity contribution is -0.138. The Morgan fingerprint density at radius 2 is 2.10 bits per heavy atom. The van der Waals surface area contributed by atoms with Gasteiger partial charge in [-0.2, -0.15) is 0 Å². The van der Waals surface area contributed by atoms with Crippen LogP contribution in [0.4, 0.5) is 0 Å². The van der Waals surface area contributed by atoms with Gasteiger partial charge in [0, 0.05) is 31.4 Å². The molecule has 1 unspecified atom stereocenters. The van der Waals surface area contributed by atoms with Crippen LogP contribution in [0.15, 0.2) is 36.5 Å². The predicted molar refractivity (Wildman–Crippen MR) is 78.1 cm³/mol. The zero-order valence-corrected chi connectivity index (χ0v) is 11.9. The van der Waals surface area contributed by atoms with Crippen molar-refractivity contribution in [1.29, 1.82) is 0 Å². The third-order valence-corrected chi connectivity index (χ3v) is 3.73. The first kappa shape index (κ1) is 13.5. The summed E-state index contributed by atoms with van der Waals surface area (Å²) in [6.07, 6.45) is 2.21. The van der Waals surface area contributed by atoms with Crippen LogP contribution in [0, 0.1) is 0 Å². The molecular formula is C16H18N2O3. The number of fused-ring (bicyclic) bond motifs is 1. The number of ether oxygens (including phenoxy) is 1. The van der Waals surface area contributed by atoms with Crippen LogP contribution < -0.4 is 4.74 Å². The van der Waals surface area contributed by atoms with Crippen molar-refractivity contribution in [2.45, 2.75) is 26.0 Å². The highest BCUT2D eigenvalue weighted by atomic mass is 16.5. The number of phenolic OH excluding ortho intramolecular Hbond substituents is 1. The number of phenols is 1. The third kappa shape index (κ3) is 2.86. The molecule has 2 heterocycles. The van der Waals surface area contributed by atoms with Crippen molar-refractivity contribution in [2.75, 3.05) is 6.54 Å². The summed E-state index contributed by atoms with van der Waals surface area (Å²) >= 11 is 0. The minimum absolute atomic E-state index is 0.0186. The second-order valence-electron chi connectivity index (χ2n) is 5.25. The normalized spacial score (nSPS) is 15.4. The standard InChI is InChI=1S/C16H18N2O3/c1-11(21-14-4-2-13(19)3-5-14)16(20)18-9-7-15-12(10-18)6-8-17-15/h2-6,8,11,17,19H,7,9-10H2,1H3. The molecule has 1 aliphatic rings. The largest absolute Gasteiger partial charge is 0.508 e. The monoisotopic (exact) mass is 286 g/mol. The molecule has 1 aromatic heterocycles. The van der Waals surface area contributed by atoms with Gasteiger partial charge in [-0.3, -0.25) is 4.79 Å². The van der Waals surface area contributed by atoms with Gasteiger partial charge in [0.05, 0.1) is 0 Å². The highest BCUT2D eigenvalue weighted by Crippen LogP contribution is 2.20. The molecule has 1 aromatic carbocycles. The Hall–Kier alpha value is -2.43. The van der Waals surface area contributed by atoms with Crippen molar-refractivity contribution in [3.8, 4) is 11.5 Å². The summed E-state index contributed by atoms with van der Waals surface area (Å²) in [5, 5.41) is 9.24. The third-order valence-electron chi connectivity index (χ3n) is 3.73. The first-order valence-electron chi connectivity index (χ1n) is 7.03. The molecule has 2 aromatic rings. The number of benzene rings is 1. The molecule has 0 bridgehead atoms. The number of aromatic nitrogens is 1. The Kier molecular flexibility index (Phi) is 3.56. The number of hydrogen-bond acceptors (Lipinski definition) is 3. The van der Waals surface area contributed by atoms with E-state index < -0.39 is 6.10 Å². The van der Waals surface area contributed by atoms with Crippen molar-refractivity contribution in [3.63, 3.8) is 0 Å². The topological polar surface area (TPSA) is 65.6 Å². The van der Waals surface area contributed by atoms with E-state index in [0.717, 1.165) is 6.42 Å². The summed E-state index contributed by atoms with van der Waals surface area (Å²) in [5.74, 6) is 0.736. The molecule has 0 fully saturated rings. The van der Waals surface area contributed by atoms with Crippen LogP contribution in [-0.4, -0.2) is 33.5 Å². The van der Waals surface area contributed by atoms with Gasteiger partial charge in [0.1, 0.15) is 11.5 Å². The Balaban J connectivity index is 1.64. The zero-order valence-electron chi connectivity index (χ0n) is 11.9. The first-order chi connectivity index (χ1) is 10.1. The van der Waals surface area contributed by atoms with Crippen LogP contribution in [0.3, 0.4) is 0 Å². The van der Waals surface area contributed by atoms with Crippen LogP contribution in [0.25, 0.3) is 0 Å². The number of hydrogen-bond donors (Lipinski definition) is 2. The number of aromatic hydroxyl groups is 1. The second-order valence-corrected chi connectivity index (χ2v) is 5.25. The molecular weight excluding hydrogens is 268 g/mol. The number of carbonyl (C=O) groups excluding carboxylic acids is 1. The van der Waals surface area contributed by atoms with Crippen molar-refractivity contribution in [1.82, 2.24) is 9.88 Å². The van der Waals surface area contributed by atoms with Crippen molar-refractivity contribution < 1.29 is 14.6 Å². The van der Waals surface area contributed by atoms with E-state index in [1.54, 1.807) is 31.2 Å². The number of rotatable bonds is 3. The summed E-state index contributed by atoms with van der Waals surface area (Å²) in [6, 6.07) is 8.40. The highest BCUT2D eigenvalue weighted by Gasteiger charge is 2.26. The summed E-state index contributed by atoms with van der Waals surface area (Å²) < 4.78 is 5.64. The number of nitrogens with one attached hydrogen (secondary N) is 1. The SMILES string of the molecule is CC(Oc1ccc(O)cc1)C(=O)N1CCc2[nH]ccc2C1. The van der Waals surface area contributed by atoms with E-state index in [0.29, 0.717) is 18.8 Å². The second kappa shape index (κ2) is 5.52. The lowest BCUT2D eigenvalue weighted by atomic mass is 10.1. The maximum atomic E-state index is 12.4. The van der Waals surface area contributed by atoms with E-state index in [-0.39, 0.29) is 11.7 Å². The molecule has 0 saturated heterocycles. The molecule has 21 heavy (non-hydrogen) atoms. The molecule has 2 N–H and O–H groups in total. The van der Waals surface area contributed by atoms with E-state index in [1.165, 1.54) is 11.3 Å². The van der Waals surface area contributed by atoms with E-state index in [9.17, 15) is 9.90 Å². The van der Waals surface area contributed by atoms with E-state index in [2.05, 4.69) is 4.98 Å². The summed E-state index contributed by atoms with van der Waals surface area (Å²) in [4.78, 5) is 17.5. The fourth-order valence-corrected chi connectivity index (χ4v) is 2.57. The van der Waals surface area contributed by atoms with Crippen molar-refractivity contribution in [2.24, 2.45) is 0 Å². The fraction of sp³-hybridized carbons (Fsp3) is 0.312. The van der Waals surface area contributed by atoms with Gasteiger partial charge in [-0.05, 0) is 42.8 Å². The fourth-order valence-electron chi connectivity index (χ4n) is 2.57. The summed E-state index contributed by atoms with van der Waals surface area (Å²) in [5.41, 5.74) is 2.39. The number of H-pyrrole nitrogens is 1. The lowest BCUT2D eigenvalue weighted by Gasteiger charge is -2.29. The minimum atomic E-state index is -0.546. The zero-order chi connectivity index (χ0) is 14.8. The van der Waals surface area contributed by atoms with Gasteiger partial charge in [-0.15, -0.1) is 0 Å². The van der Waals surface area contributed by atoms with Crippen LogP contribution in [0.2, 0.25) is 0 Å². The van der Waals surface area contributed by atoms with Crippen LogP contribution >= 0.6 is 0 Å². The average molecular weight is 286 g/mol. The Morgan fingerprint density at radius 1 is 1.33 bits per heavy atom. The molecule has 5 nitrogen and oxygen atoms in total. The molecule has 3 rings (SSSR count). The molecule has 1 amide bonds. The molecule has 5 heteroatoms. The van der Waals surface area contributed by atoms with E-state index in [1.807, 2.05) is 17.2 Å². The highest BCUT2D eigenvalue weighted by molar-refractivity contribution is 5.81. The molecule has 1 aliphatic heterocycles. The molecule has 0 spiro atoms. The van der Waals surface area contributed by atoms with E-state index >= 15 is 0 Å². The average Bonchev–Trinajstić information content (AvgIpc) is 2.96. The number of aromatic amines is 1. The van der Waals surface area contributed by atoms with Gasteiger partial charge in [0.15, 0.2) is 6.10 Å².